The van der Waals surface area contributed by atoms with Crippen LogP contribution in [0.1, 0.15) is 22.3 Å². The standard InChI is InChI=1S/C33H34N2O7/c36-20-28(35-33(38)39)32(37)34-19-18-27-16-17-29(40-21-24-10-4-1-5-11-24)31(42-23-26-14-8-3-9-15-26)30(27)41-22-25-12-6-2-7-13-25/h1-17,28,35-36H,18-23H2,(H,34,37)(H,38,39). The van der Waals surface area contributed by atoms with Crippen molar-refractivity contribution in [3.8, 4) is 17.2 Å². The number of carboxylic acid groups (broad SMARTS) is 1. The number of hydrogen-bond acceptors (Lipinski definition) is 6. The van der Waals surface area contributed by atoms with Crippen molar-refractivity contribution in [3.63, 3.8) is 0 Å². The molecular weight excluding hydrogens is 536 g/mol. The maximum absolute atomic E-state index is 12.4. The quantitative estimate of drug-likeness (QED) is 0.163. The number of hydrogen-bond donors (Lipinski definition) is 4. The number of aliphatic hydroxyl groups excluding tert-OH is 1. The molecule has 0 saturated carbocycles. The Morgan fingerprint density at radius 2 is 1.17 bits per heavy atom. The van der Waals surface area contributed by atoms with E-state index in [1.54, 1.807) is 0 Å². The van der Waals surface area contributed by atoms with Gasteiger partial charge < -0.3 is 35.1 Å². The fraction of sp³-hybridized carbons (Fsp3) is 0.212. The predicted octanol–water partition coefficient (Wildman–Crippen LogP) is 4.71. The van der Waals surface area contributed by atoms with E-state index in [-0.39, 0.29) is 19.8 Å². The van der Waals surface area contributed by atoms with Gasteiger partial charge in [-0.15, -0.1) is 0 Å². The van der Waals surface area contributed by atoms with E-state index in [9.17, 15) is 14.7 Å². The highest BCUT2D eigenvalue weighted by Gasteiger charge is 2.21. The van der Waals surface area contributed by atoms with E-state index in [2.05, 4.69) is 5.32 Å². The normalized spacial score (nSPS) is 11.3. The Morgan fingerprint density at radius 3 is 1.67 bits per heavy atom. The first-order valence-corrected chi connectivity index (χ1v) is 13.6. The summed E-state index contributed by atoms with van der Waals surface area (Å²) in [4.78, 5) is 23.4. The Morgan fingerprint density at radius 1 is 0.667 bits per heavy atom. The third-order valence-corrected chi connectivity index (χ3v) is 6.34. The third kappa shape index (κ3) is 9.00. The molecule has 0 radical (unpaired) electrons. The minimum Gasteiger partial charge on any atom is -0.485 e. The second-order valence-corrected chi connectivity index (χ2v) is 9.43. The highest BCUT2D eigenvalue weighted by atomic mass is 16.5. The minimum atomic E-state index is -1.40. The van der Waals surface area contributed by atoms with Gasteiger partial charge in [0, 0.05) is 12.1 Å². The Balaban J connectivity index is 1.61. The maximum Gasteiger partial charge on any atom is 0.405 e. The lowest BCUT2D eigenvalue weighted by Crippen LogP contribution is -2.48. The van der Waals surface area contributed by atoms with E-state index in [1.807, 2.05) is 108 Å². The van der Waals surface area contributed by atoms with Gasteiger partial charge in [0.2, 0.25) is 11.7 Å². The molecule has 0 aromatic heterocycles. The third-order valence-electron chi connectivity index (χ3n) is 6.34. The van der Waals surface area contributed by atoms with E-state index < -0.39 is 24.6 Å². The van der Waals surface area contributed by atoms with Crippen LogP contribution in [-0.2, 0) is 31.0 Å². The van der Waals surface area contributed by atoms with Crippen LogP contribution in [0, 0.1) is 0 Å². The largest absolute Gasteiger partial charge is 0.485 e. The average Bonchev–Trinajstić information content (AvgIpc) is 3.02. The van der Waals surface area contributed by atoms with Crippen molar-refractivity contribution in [2.75, 3.05) is 13.2 Å². The SMILES string of the molecule is O=C(O)NC(CO)C(=O)NCCc1ccc(OCc2ccccc2)c(OCc2ccccc2)c1OCc1ccccc1. The Kier molecular flexibility index (Phi) is 11.2. The van der Waals surface area contributed by atoms with E-state index in [0.29, 0.717) is 30.3 Å². The molecule has 0 bridgehead atoms. The van der Waals surface area contributed by atoms with Gasteiger partial charge in [-0.2, -0.15) is 0 Å². The van der Waals surface area contributed by atoms with Crippen molar-refractivity contribution in [2.24, 2.45) is 0 Å². The maximum atomic E-state index is 12.4. The topological polar surface area (TPSA) is 126 Å². The summed E-state index contributed by atoms with van der Waals surface area (Å²) in [6.07, 6.45) is -1.05. The van der Waals surface area contributed by atoms with Gasteiger partial charge in [0.05, 0.1) is 6.61 Å². The number of benzene rings is 4. The van der Waals surface area contributed by atoms with Gasteiger partial charge in [0.25, 0.3) is 0 Å². The van der Waals surface area contributed by atoms with Gasteiger partial charge in [-0.05, 0) is 29.2 Å². The van der Waals surface area contributed by atoms with Crippen LogP contribution in [0.25, 0.3) is 0 Å². The number of aliphatic hydroxyl groups is 1. The summed E-state index contributed by atoms with van der Waals surface area (Å²) < 4.78 is 18.9. The fourth-order valence-electron chi connectivity index (χ4n) is 4.17. The van der Waals surface area contributed by atoms with Crippen LogP contribution in [0.3, 0.4) is 0 Å². The van der Waals surface area contributed by atoms with Crippen molar-refractivity contribution in [1.82, 2.24) is 10.6 Å². The van der Waals surface area contributed by atoms with Crippen molar-refractivity contribution < 1.29 is 34.0 Å². The monoisotopic (exact) mass is 570 g/mol. The highest BCUT2D eigenvalue weighted by molar-refractivity contribution is 5.85. The predicted molar refractivity (Wildman–Crippen MR) is 158 cm³/mol. The van der Waals surface area contributed by atoms with Crippen molar-refractivity contribution in [3.05, 3.63) is 125 Å². The van der Waals surface area contributed by atoms with Gasteiger partial charge in [-0.1, -0.05) is 97.1 Å². The zero-order valence-electron chi connectivity index (χ0n) is 23.1. The molecule has 0 spiro atoms. The number of nitrogens with one attached hydrogen (secondary N) is 2. The molecule has 0 aliphatic heterocycles. The van der Waals surface area contributed by atoms with Gasteiger partial charge in [0.15, 0.2) is 11.5 Å². The summed E-state index contributed by atoms with van der Waals surface area (Å²) in [5.74, 6) is 0.805. The molecule has 42 heavy (non-hydrogen) atoms. The molecule has 218 valence electrons. The highest BCUT2D eigenvalue weighted by Crippen LogP contribution is 2.42. The van der Waals surface area contributed by atoms with E-state index in [1.165, 1.54) is 0 Å². The van der Waals surface area contributed by atoms with Crippen LogP contribution in [0.15, 0.2) is 103 Å². The van der Waals surface area contributed by atoms with Crippen LogP contribution in [0.5, 0.6) is 17.2 Å². The summed E-state index contributed by atoms with van der Waals surface area (Å²) in [5, 5.41) is 23.0. The first-order valence-electron chi connectivity index (χ1n) is 13.6. The molecule has 0 heterocycles. The second-order valence-electron chi connectivity index (χ2n) is 9.43. The summed E-state index contributed by atoms with van der Waals surface area (Å²) in [6, 6.07) is 31.7. The van der Waals surface area contributed by atoms with Gasteiger partial charge >= 0.3 is 6.09 Å². The lowest BCUT2D eigenvalue weighted by molar-refractivity contribution is -0.123. The molecule has 2 amide bonds. The number of carbonyl (C=O) groups is 2. The number of carbonyl (C=O) groups excluding carboxylic acids is 1. The molecule has 4 aromatic carbocycles. The van der Waals surface area contributed by atoms with E-state index in [0.717, 1.165) is 22.3 Å². The first kappa shape index (κ1) is 30.0. The molecule has 0 fully saturated rings. The molecular formula is C33H34N2O7. The summed E-state index contributed by atoms with van der Waals surface area (Å²) in [7, 11) is 0. The molecule has 1 unspecified atom stereocenters. The number of amides is 2. The molecule has 9 heteroatoms. The van der Waals surface area contributed by atoms with E-state index in [4.69, 9.17) is 19.3 Å². The molecule has 4 aromatic rings. The van der Waals surface area contributed by atoms with Gasteiger partial charge in [-0.25, -0.2) is 4.79 Å². The van der Waals surface area contributed by atoms with Crippen LogP contribution in [0.4, 0.5) is 4.79 Å². The Labute approximate surface area is 244 Å². The molecule has 0 saturated heterocycles. The Hall–Kier alpha value is -5.02. The van der Waals surface area contributed by atoms with Crippen LogP contribution >= 0.6 is 0 Å². The van der Waals surface area contributed by atoms with Crippen molar-refractivity contribution in [2.45, 2.75) is 32.3 Å². The zero-order chi connectivity index (χ0) is 29.6. The smallest absolute Gasteiger partial charge is 0.405 e. The van der Waals surface area contributed by atoms with Crippen LogP contribution < -0.4 is 24.8 Å². The second kappa shape index (κ2) is 15.7. The molecule has 9 nitrogen and oxygen atoms in total. The lowest BCUT2D eigenvalue weighted by atomic mass is 10.1. The van der Waals surface area contributed by atoms with Crippen molar-refractivity contribution >= 4 is 12.0 Å². The minimum absolute atomic E-state index is 0.167. The zero-order valence-corrected chi connectivity index (χ0v) is 23.1. The summed E-state index contributed by atoms with van der Waals surface area (Å²) in [5.41, 5.74) is 3.69. The van der Waals surface area contributed by atoms with Gasteiger partial charge in [-0.3, -0.25) is 4.79 Å². The van der Waals surface area contributed by atoms with Crippen molar-refractivity contribution in [1.29, 1.82) is 0 Å². The summed E-state index contributed by atoms with van der Waals surface area (Å²) in [6.45, 7) is 0.396. The number of rotatable bonds is 15. The molecule has 4 N–H and O–H groups in total. The molecule has 0 aliphatic rings. The average molecular weight is 571 g/mol. The van der Waals surface area contributed by atoms with Crippen LogP contribution in [0.2, 0.25) is 0 Å². The van der Waals surface area contributed by atoms with Crippen LogP contribution in [-0.4, -0.2) is 41.4 Å². The Bertz CT molecular complexity index is 1420. The molecule has 0 aliphatic carbocycles. The lowest BCUT2D eigenvalue weighted by Gasteiger charge is -2.21. The fourth-order valence-corrected chi connectivity index (χ4v) is 4.17. The summed E-state index contributed by atoms with van der Waals surface area (Å²) >= 11 is 0. The first-order chi connectivity index (χ1) is 20.5. The molecule has 1 atom stereocenters. The molecule has 4 rings (SSSR count). The van der Waals surface area contributed by atoms with E-state index >= 15 is 0 Å². The number of ether oxygens (including phenoxy) is 3. The van der Waals surface area contributed by atoms with Gasteiger partial charge in [0.1, 0.15) is 25.9 Å².